The van der Waals surface area contributed by atoms with Gasteiger partial charge in [-0.2, -0.15) is 4.98 Å². The summed E-state index contributed by atoms with van der Waals surface area (Å²) in [7, 11) is 0. The second-order valence-corrected chi connectivity index (χ2v) is 9.19. The van der Waals surface area contributed by atoms with Gasteiger partial charge in [0.25, 0.3) is 5.56 Å². The summed E-state index contributed by atoms with van der Waals surface area (Å²) in [4.78, 5) is 35.5. The second kappa shape index (κ2) is 12.2. The van der Waals surface area contributed by atoms with Crippen LogP contribution in [0.2, 0.25) is 0 Å². The van der Waals surface area contributed by atoms with E-state index in [1.807, 2.05) is 0 Å². The van der Waals surface area contributed by atoms with Crippen LogP contribution in [0, 0.1) is 29.3 Å². The molecule has 0 aliphatic rings. The Hall–Kier alpha value is -4.38. The number of anilines is 1. The summed E-state index contributed by atoms with van der Waals surface area (Å²) in [6, 6.07) is 8.48. The molecule has 8 nitrogen and oxygen atoms in total. The van der Waals surface area contributed by atoms with Gasteiger partial charge in [-0.1, -0.05) is 26.5 Å². The van der Waals surface area contributed by atoms with Crippen LogP contribution < -0.4 is 10.9 Å². The molecule has 4 aromatic rings. The average molecular weight is 551 g/mol. The Morgan fingerprint density at radius 3 is 2.40 bits per heavy atom. The Balaban J connectivity index is 1.97. The highest BCUT2D eigenvalue weighted by Crippen LogP contribution is 2.34. The van der Waals surface area contributed by atoms with Gasteiger partial charge in [0.1, 0.15) is 28.8 Å². The zero-order valence-corrected chi connectivity index (χ0v) is 22.5. The van der Waals surface area contributed by atoms with Crippen LogP contribution in [-0.4, -0.2) is 45.6 Å². The number of para-hydroxylation sites is 1. The number of benzene rings is 2. The molecule has 0 fully saturated rings. The summed E-state index contributed by atoms with van der Waals surface area (Å²) in [5.41, 5.74) is -0.763. The molecule has 0 amide bonds. The van der Waals surface area contributed by atoms with Crippen LogP contribution in [0.4, 0.5) is 19.1 Å². The fourth-order valence-corrected chi connectivity index (χ4v) is 4.50. The minimum Gasteiger partial charge on any atom is -0.354 e. The fraction of sp³-hybridized carbons (Fsp3) is 0.276. The van der Waals surface area contributed by atoms with Gasteiger partial charge < -0.3 is 10.2 Å². The number of hydrogen-bond acceptors (Lipinski definition) is 7. The van der Waals surface area contributed by atoms with Crippen molar-refractivity contribution in [3.8, 4) is 16.9 Å². The molecule has 0 aliphatic heterocycles. The number of nitroso groups, excluding NO2 is 1. The van der Waals surface area contributed by atoms with Gasteiger partial charge >= 0.3 is 0 Å². The zero-order valence-electron chi connectivity index (χ0n) is 22.5. The van der Waals surface area contributed by atoms with Crippen molar-refractivity contribution < 1.29 is 13.2 Å². The van der Waals surface area contributed by atoms with Crippen molar-refractivity contribution in [1.82, 2.24) is 19.4 Å². The van der Waals surface area contributed by atoms with Gasteiger partial charge in [-0.25, -0.2) is 18.2 Å². The summed E-state index contributed by atoms with van der Waals surface area (Å²) in [5, 5.41) is 6.18. The van der Waals surface area contributed by atoms with Crippen LogP contribution in [0.15, 0.2) is 59.0 Å². The molecule has 0 radical (unpaired) electrons. The standard InChI is InChI=1S/C29H29F3N6O2/c1-5-37(6-2)14-8-13-33-29-34-26(21-15-19(18(4)36-40)16-24(32)17(21)3)20-11-12-25(39)38(28(20)35-29)27-22(30)9-7-10-23(27)31/h7,9-12,15-16H,4-6,8,13-14H2,1-3H3,(H,33,34,35). The largest absolute Gasteiger partial charge is 0.354 e. The number of fused-ring (bicyclic) bond motifs is 1. The van der Waals surface area contributed by atoms with E-state index in [0.717, 1.165) is 54.9 Å². The number of pyridine rings is 1. The van der Waals surface area contributed by atoms with Crippen molar-refractivity contribution in [3.05, 3.63) is 92.9 Å². The van der Waals surface area contributed by atoms with Crippen LogP contribution in [0.5, 0.6) is 0 Å². The van der Waals surface area contributed by atoms with Crippen molar-refractivity contribution in [2.75, 3.05) is 31.5 Å². The van der Waals surface area contributed by atoms with E-state index >= 15 is 4.39 Å². The minimum absolute atomic E-state index is 0.0784. The smallest absolute Gasteiger partial charge is 0.256 e. The molecule has 0 aliphatic carbocycles. The quantitative estimate of drug-likeness (QED) is 0.180. The van der Waals surface area contributed by atoms with E-state index < -0.39 is 28.7 Å². The van der Waals surface area contributed by atoms with E-state index in [0.29, 0.717) is 6.54 Å². The van der Waals surface area contributed by atoms with Crippen LogP contribution in [0.3, 0.4) is 0 Å². The summed E-state index contributed by atoms with van der Waals surface area (Å²) in [6.07, 6.45) is 0.746. The van der Waals surface area contributed by atoms with E-state index in [4.69, 9.17) is 0 Å². The summed E-state index contributed by atoms with van der Waals surface area (Å²) in [5.74, 6) is -2.47. The van der Waals surface area contributed by atoms with Gasteiger partial charge in [0, 0.05) is 29.1 Å². The SMILES string of the molecule is C=C(N=O)c1cc(F)c(C)c(-c2nc(NCCCN(CC)CC)nc3c2ccc(=O)n3-c2c(F)cccc2F)c1. The van der Waals surface area contributed by atoms with Crippen molar-refractivity contribution in [2.24, 2.45) is 5.18 Å². The number of aromatic nitrogens is 3. The van der Waals surface area contributed by atoms with Crippen LogP contribution in [0.1, 0.15) is 31.4 Å². The Morgan fingerprint density at radius 1 is 1.05 bits per heavy atom. The van der Waals surface area contributed by atoms with Crippen molar-refractivity contribution in [3.63, 3.8) is 0 Å². The maximum absolute atomic E-state index is 15.0. The van der Waals surface area contributed by atoms with Crippen LogP contribution in [0.25, 0.3) is 33.7 Å². The fourth-order valence-electron chi connectivity index (χ4n) is 4.50. The second-order valence-electron chi connectivity index (χ2n) is 9.19. The van der Waals surface area contributed by atoms with E-state index in [9.17, 15) is 18.5 Å². The lowest BCUT2D eigenvalue weighted by Gasteiger charge is -2.18. The lowest BCUT2D eigenvalue weighted by Crippen LogP contribution is -2.25. The molecule has 0 bridgehead atoms. The number of halogens is 3. The summed E-state index contributed by atoms with van der Waals surface area (Å²) >= 11 is 0. The van der Waals surface area contributed by atoms with Crippen LogP contribution in [-0.2, 0) is 0 Å². The monoisotopic (exact) mass is 550 g/mol. The van der Waals surface area contributed by atoms with E-state index in [1.165, 1.54) is 25.1 Å². The number of nitrogens with zero attached hydrogens (tertiary/aromatic N) is 5. The average Bonchev–Trinajstić information content (AvgIpc) is 2.94. The predicted molar refractivity (Wildman–Crippen MR) is 151 cm³/mol. The summed E-state index contributed by atoms with van der Waals surface area (Å²) < 4.78 is 45.7. The molecule has 0 spiro atoms. The molecule has 0 saturated carbocycles. The Bertz CT molecular complexity index is 1630. The molecule has 2 heterocycles. The first-order valence-corrected chi connectivity index (χ1v) is 12.9. The van der Waals surface area contributed by atoms with Crippen LogP contribution >= 0.6 is 0 Å². The first-order valence-electron chi connectivity index (χ1n) is 12.9. The Kier molecular flexibility index (Phi) is 8.73. The highest BCUT2D eigenvalue weighted by Gasteiger charge is 2.21. The molecule has 0 atom stereocenters. The van der Waals surface area contributed by atoms with E-state index in [2.05, 4.69) is 45.8 Å². The molecule has 11 heteroatoms. The molecule has 1 N–H and O–H groups in total. The molecule has 2 aromatic heterocycles. The molecule has 40 heavy (non-hydrogen) atoms. The number of hydrogen-bond donors (Lipinski definition) is 1. The molecule has 4 rings (SSSR count). The maximum Gasteiger partial charge on any atom is 0.256 e. The molecule has 0 saturated heterocycles. The number of rotatable bonds is 11. The van der Waals surface area contributed by atoms with Gasteiger partial charge in [-0.05, 0) is 74.1 Å². The van der Waals surface area contributed by atoms with Gasteiger partial charge in [0.05, 0.1) is 5.69 Å². The third-order valence-electron chi connectivity index (χ3n) is 6.78. The number of nitrogens with one attached hydrogen (secondary N) is 1. The third kappa shape index (κ3) is 5.64. The van der Waals surface area contributed by atoms with Crippen molar-refractivity contribution >= 4 is 22.7 Å². The zero-order chi connectivity index (χ0) is 29.0. The normalized spacial score (nSPS) is 11.3. The first-order chi connectivity index (χ1) is 19.2. The Morgan fingerprint density at radius 2 is 1.75 bits per heavy atom. The van der Waals surface area contributed by atoms with Crippen molar-refractivity contribution in [1.29, 1.82) is 0 Å². The minimum atomic E-state index is -0.957. The van der Waals surface area contributed by atoms with E-state index in [1.54, 1.807) is 0 Å². The predicted octanol–water partition coefficient (Wildman–Crippen LogP) is 6.05. The summed E-state index contributed by atoms with van der Waals surface area (Å²) in [6.45, 7) is 12.3. The highest BCUT2D eigenvalue weighted by molar-refractivity contribution is 5.93. The lowest BCUT2D eigenvalue weighted by molar-refractivity contribution is 0.303. The molecule has 2 aromatic carbocycles. The molecular formula is C29H29F3N6O2. The van der Waals surface area contributed by atoms with Gasteiger partial charge in [0.2, 0.25) is 5.95 Å². The molecule has 0 unspecified atom stereocenters. The highest BCUT2D eigenvalue weighted by atomic mass is 19.1. The van der Waals surface area contributed by atoms with Gasteiger partial charge in [-0.15, -0.1) is 4.91 Å². The van der Waals surface area contributed by atoms with Gasteiger partial charge in [0.15, 0.2) is 5.65 Å². The molecule has 208 valence electrons. The maximum atomic E-state index is 15.0. The lowest BCUT2D eigenvalue weighted by atomic mass is 9.98. The first kappa shape index (κ1) is 28.6. The van der Waals surface area contributed by atoms with E-state index in [-0.39, 0.29) is 45.1 Å². The Labute approximate surface area is 229 Å². The third-order valence-corrected chi connectivity index (χ3v) is 6.78. The molecular weight excluding hydrogens is 521 g/mol. The van der Waals surface area contributed by atoms with Crippen molar-refractivity contribution in [2.45, 2.75) is 27.2 Å². The topological polar surface area (TPSA) is 92.5 Å². The van der Waals surface area contributed by atoms with Gasteiger partial charge in [-0.3, -0.25) is 9.36 Å².